The second-order valence-electron chi connectivity index (χ2n) is 6.33. The second kappa shape index (κ2) is 8.26. The lowest BCUT2D eigenvalue weighted by atomic mass is 10.1. The van der Waals surface area contributed by atoms with Gasteiger partial charge < -0.3 is 10.8 Å². The van der Waals surface area contributed by atoms with E-state index < -0.39 is 17.6 Å². The normalized spacial score (nSPS) is 12.8. The predicted octanol–water partition coefficient (Wildman–Crippen LogP) is 3.21. The number of thiophene rings is 1. The van der Waals surface area contributed by atoms with Crippen LogP contribution in [-0.4, -0.2) is 44.9 Å². The number of carbonyl (C=O) groups is 1. The number of carbonyl (C=O) groups excluding carboxylic acids is 1. The largest absolute Gasteiger partial charge is 0.390 e. The first-order valence-electron chi connectivity index (χ1n) is 7.48. The van der Waals surface area contributed by atoms with Crippen LogP contribution in [0, 0.1) is 4.91 Å². The highest BCUT2D eigenvalue weighted by molar-refractivity contribution is 8.01. The van der Waals surface area contributed by atoms with E-state index in [9.17, 15) is 14.8 Å². The first-order chi connectivity index (χ1) is 11.7. The Bertz CT molecular complexity index is 738. The number of hydrogen-bond donors (Lipinski definition) is 2. The molecule has 0 spiro atoms. The van der Waals surface area contributed by atoms with Gasteiger partial charge in [-0.05, 0) is 32.9 Å². The van der Waals surface area contributed by atoms with Gasteiger partial charge in [-0.15, -0.1) is 27.6 Å². The lowest BCUT2D eigenvalue weighted by Crippen LogP contribution is -2.42. The summed E-state index contributed by atoms with van der Waals surface area (Å²) in [5, 5.41) is 16.3. The van der Waals surface area contributed by atoms with Crippen LogP contribution in [0.5, 0.6) is 0 Å². The van der Waals surface area contributed by atoms with E-state index in [1.165, 1.54) is 39.4 Å². The van der Waals surface area contributed by atoms with Crippen LogP contribution < -0.4 is 5.73 Å². The Labute approximate surface area is 158 Å². The van der Waals surface area contributed by atoms with E-state index in [0.29, 0.717) is 10.6 Å². The van der Waals surface area contributed by atoms with Crippen molar-refractivity contribution in [3.05, 3.63) is 27.3 Å². The molecule has 2 heterocycles. The molecule has 1 unspecified atom stereocenters. The first-order valence-corrected chi connectivity index (χ1v) is 10.2. The fraction of sp³-hybridized carbons (Fsp3) is 0.467. The number of amides is 1. The highest BCUT2D eigenvalue weighted by atomic mass is 32.2. The summed E-state index contributed by atoms with van der Waals surface area (Å²) in [7, 11) is 0. The van der Waals surface area contributed by atoms with Crippen molar-refractivity contribution in [2.24, 2.45) is 11.0 Å². The van der Waals surface area contributed by atoms with Gasteiger partial charge in [0.2, 0.25) is 0 Å². The fourth-order valence-electron chi connectivity index (χ4n) is 1.89. The van der Waals surface area contributed by atoms with Gasteiger partial charge in [-0.2, -0.15) is 0 Å². The van der Waals surface area contributed by atoms with Gasteiger partial charge in [-0.1, -0.05) is 11.8 Å². The molecule has 0 bridgehead atoms. The Hall–Kier alpha value is -1.49. The number of aliphatic hydroxyl groups is 1. The third-order valence-corrected chi connectivity index (χ3v) is 6.53. The third-order valence-electron chi connectivity index (χ3n) is 3.24. The molecule has 1 amide bonds. The lowest BCUT2D eigenvalue weighted by Gasteiger charge is -2.31. The zero-order valence-corrected chi connectivity index (χ0v) is 16.6. The predicted molar refractivity (Wildman–Crippen MR) is 103 cm³/mol. The number of nitrogens with zero attached hydrogens (tertiary/aromatic N) is 3. The summed E-state index contributed by atoms with van der Waals surface area (Å²) in [6, 6.07) is 3.51. The molecule has 10 heteroatoms. The zero-order chi connectivity index (χ0) is 18.6. The molecule has 2 aromatic rings. The standard InChI is InChI=1S/C15H20N4O3S3/c1-15(2,3)19(18-22)6-9(20)7-23-14-17-10(8-24-14)11-4-5-12(25-11)13(16)21/h4-5,8-9,20H,6-7H2,1-3H3,(H2,16,21). The van der Waals surface area contributed by atoms with Crippen molar-refractivity contribution < 1.29 is 9.90 Å². The van der Waals surface area contributed by atoms with Gasteiger partial charge in [0.05, 0.1) is 38.9 Å². The molecule has 0 saturated heterocycles. The number of primary amides is 1. The van der Waals surface area contributed by atoms with Crippen molar-refractivity contribution in [2.45, 2.75) is 36.8 Å². The Balaban J connectivity index is 1.92. The lowest BCUT2D eigenvalue weighted by molar-refractivity contribution is 0.0705. The van der Waals surface area contributed by atoms with E-state index in [4.69, 9.17) is 5.73 Å². The van der Waals surface area contributed by atoms with Crippen molar-refractivity contribution in [3.8, 4) is 10.6 Å². The first kappa shape index (κ1) is 19.8. The van der Waals surface area contributed by atoms with Crippen LogP contribution in [0.1, 0.15) is 30.4 Å². The minimum absolute atomic E-state index is 0.172. The number of nitroso groups, excluding NO2 is 1. The number of β-amino-alcohol motifs (C(OH)–C–C–N with tert-alkyl or cyclic N) is 1. The zero-order valence-electron chi connectivity index (χ0n) is 14.1. The van der Waals surface area contributed by atoms with Crippen molar-refractivity contribution >= 4 is 40.3 Å². The molecule has 0 fully saturated rings. The number of nitrogens with two attached hydrogens (primary N) is 1. The molecule has 1 atom stereocenters. The molecule has 7 nitrogen and oxygen atoms in total. The molecule has 25 heavy (non-hydrogen) atoms. The van der Waals surface area contributed by atoms with Gasteiger partial charge in [-0.25, -0.2) is 4.98 Å². The topological polar surface area (TPSA) is 109 Å². The van der Waals surface area contributed by atoms with Gasteiger partial charge in [0.25, 0.3) is 5.91 Å². The number of thioether (sulfide) groups is 1. The van der Waals surface area contributed by atoms with Gasteiger partial charge in [-0.3, -0.25) is 9.80 Å². The minimum atomic E-state index is -0.697. The van der Waals surface area contributed by atoms with E-state index in [1.807, 2.05) is 32.2 Å². The molecule has 0 aliphatic heterocycles. The van der Waals surface area contributed by atoms with E-state index in [0.717, 1.165) is 14.9 Å². The van der Waals surface area contributed by atoms with Crippen LogP contribution in [0.4, 0.5) is 0 Å². The molecule has 136 valence electrons. The molecule has 0 aliphatic rings. The SMILES string of the molecule is CC(C)(C)N(CC(O)CSc1nc(-c2ccc(C(N)=O)s2)cs1)N=O. The maximum atomic E-state index is 11.2. The average Bonchev–Trinajstić information content (AvgIpc) is 3.17. The molecule has 0 aromatic carbocycles. The Morgan fingerprint density at radius 3 is 2.76 bits per heavy atom. The van der Waals surface area contributed by atoms with E-state index in [1.54, 1.807) is 6.07 Å². The summed E-state index contributed by atoms with van der Waals surface area (Å²) in [5.41, 5.74) is 5.61. The van der Waals surface area contributed by atoms with E-state index >= 15 is 0 Å². The van der Waals surface area contributed by atoms with Crippen LogP contribution in [0.2, 0.25) is 0 Å². The Morgan fingerprint density at radius 1 is 1.48 bits per heavy atom. The number of aliphatic hydroxyl groups excluding tert-OH is 1. The maximum Gasteiger partial charge on any atom is 0.258 e. The highest BCUT2D eigenvalue weighted by Crippen LogP contribution is 2.32. The molecule has 3 N–H and O–H groups in total. The van der Waals surface area contributed by atoms with Crippen molar-refractivity contribution in [3.63, 3.8) is 0 Å². The third kappa shape index (κ3) is 5.50. The summed E-state index contributed by atoms with van der Waals surface area (Å²) < 4.78 is 0.810. The Morgan fingerprint density at radius 2 is 2.20 bits per heavy atom. The van der Waals surface area contributed by atoms with Crippen LogP contribution >= 0.6 is 34.4 Å². The molecule has 0 saturated carbocycles. The van der Waals surface area contributed by atoms with Crippen molar-refractivity contribution in [1.82, 2.24) is 9.99 Å². The van der Waals surface area contributed by atoms with Gasteiger partial charge in [0.15, 0.2) is 4.34 Å². The minimum Gasteiger partial charge on any atom is -0.390 e. The van der Waals surface area contributed by atoms with Gasteiger partial charge in [0, 0.05) is 11.1 Å². The van der Waals surface area contributed by atoms with Crippen LogP contribution in [0.3, 0.4) is 0 Å². The number of thiazole rings is 1. The van der Waals surface area contributed by atoms with Crippen LogP contribution in [0.15, 0.2) is 27.1 Å². The fourth-order valence-corrected chi connectivity index (χ4v) is 4.55. The van der Waals surface area contributed by atoms with Gasteiger partial charge in [0.1, 0.15) is 0 Å². The second-order valence-corrected chi connectivity index (χ2v) is 9.54. The summed E-state index contributed by atoms with van der Waals surface area (Å²) in [6.07, 6.45) is -0.697. The quantitative estimate of drug-likeness (QED) is 0.400. The highest BCUT2D eigenvalue weighted by Gasteiger charge is 2.24. The van der Waals surface area contributed by atoms with Crippen LogP contribution in [0.25, 0.3) is 10.6 Å². The van der Waals surface area contributed by atoms with E-state index in [-0.39, 0.29) is 6.54 Å². The molecule has 0 aliphatic carbocycles. The Kier molecular flexibility index (Phi) is 6.55. The van der Waals surface area contributed by atoms with Crippen LogP contribution in [-0.2, 0) is 0 Å². The number of rotatable bonds is 8. The number of hydrogen-bond acceptors (Lipinski definition) is 8. The number of aromatic nitrogens is 1. The molecule has 2 aromatic heterocycles. The summed E-state index contributed by atoms with van der Waals surface area (Å²) in [5.74, 6) is -0.0390. The molecular weight excluding hydrogens is 380 g/mol. The molecule has 0 radical (unpaired) electrons. The molecule has 2 rings (SSSR count). The van der Waals surface area contributed by atoms with Crippen molar-refractivity contribution in [1.29, 1.82) is 0 Å². The monoisotopic (exact) mass is 400 g/mol. The van der Waals surface area contributed by atoms with Gasteiger partial charge >= 0.3 is 0 Å². The smallest absolute Gasteiger partial charge is 0.258 e. The van der Waals surface area contributed by atoms with E-state index in [2.05, 4.69) is 10.3 Å². The van der Waals surface area contributed by atoms with Crippen molar-refractivity contribution in [2.75, 3.05) is 12.3 Å². The summed E-state index contributed by atoms with van der Waals surface area (Å²) in [6.45, 7) is 5.76. The molecular formula is C15H20N4O3S3. The average molecular weight is 401 g/mol. The summed E-state index contributed by atoms with van der Waals surface area (Å²) >= 11 is 4.19. The summed E-state index contributed by atoms with van der Waals surface area (Å²) in [4.78, 5) is 27.9. The maximum absolute atomic E-state index is 11.2.